The Morgan fingerprint density at radius 2 is 1.83 bits per heavy atom. The van der Waals surface area contributed by atoms with Crippen LogP contribution in [0.1, 0.15) is 18.1 Å². The van der Waals surface area contributed by atoms with Crippen LogP contribution >= 0.6 is 0 Å². The summed E-state index contributed by atoms with van der Waals surface area (Å²) in [5.74, 6) is -0.184. The lowest BCUT2D eigenvalue weighted by Crippen LogP contribution is -2.36. The van der Waals surface area contributed by atoms with E-state index in [1.807, 2.05) is 0 Å². The number of halogens is 1. The fourth-order valence-electron chi connectivity index (χ4n) is 2.52. The van der Waals surface area contributed by atoms with Crippen molar-refractivity contribution in [1.82, 2.24) is 5.32 Å². The number of hydrogen-bond acceptors (Lipinski definition) is 5. The van der Waals surface area contributed by atoms with Crippen LogP contribution in [0.5, 0.6) is 11.5 Å². The Labute approximate surface area is 169 Å². The highest BCUT2D eigenvalue weighted by atomic mass is 19.1. The average molecular weight is 401 g/mol. The average Bonchev–Trinajstić information content (AvgIpc) is 2.73. The third-order valence-electron chi connectivity index (χ3n) is 4.12. The Balaban J connectivity index is 1.84. The van der Waals surface area contributed by atoms with Crippen molar-refractivity contribution >= 4 is 18.0 Å². The Hall–Kier alpha value is -3.35. The van der Waals surface area contributed by atoms with Crippen LogP contribution in [0.15, 0.2) is 48.5 Å². The summed E-state index contributed by atoms with van der Waals surface area (Å²) in [7, 11) is 3.07. The van der Waals surface area contributed by atoms with E-state index in [9.17, 15) is 14.0 Å². The lowest BCUT2D eigenvalue weighted by Gasteiger charge is -2.12. The van der Waals surface area contributed by atoms with Gasteiger partial charge in [-0.1, -0.05) is 12.1 Å². The summed E-state index contributed by atoms with van der Waals surface area (Å²) in [6, 6.07) is 11.2. The summed E-state index contributed by atoms with van der Waals surface area (Å²) in [5.41, 5.74) is 1.53. The van der Waals surface area contributed by atoms with Crippen molar-refractivity contribution in [3.8, 4) is 11.5 Å². The fourth-order valence-corrected chi connectivity index (χ4v) is 2.52. The van der Waals surface area contributed by atoms with Crippen molar-refractivity contribution in [2.24, 2.45) is 0 Å². The molecular weight excluding hydrogens is 377 g/mol. The van der Waals surface area contributed by atoms with Crippen molar-refractivity contribution in [2.75, 3.05) is 20.8 Å². The van der Waals surface area contributed by atoms with Gasteiger partial charge in [0.1, 0.15) is 17.3 Å². The molecule has 0 aromatic heterocycles. The molecule has 0 fully saturated rings. The molecule has 6 nitrogen and oxygen atoms in total. The van der Waals surface area contributed by atoms with E-state index in [0.29, 0.717) is 30.0 Å². The zero-order valence-electron chi connectivity index (χ0n) is 16.6. The van der Waals surface area contributed by atoms with Gasteiger partial charge in [-0.15, -0.1) is 0 Å². The maximum absolute atomic E-state index is 12.9. The van der Waals surface area contributed by atoms with Gasteiger partial charge in [-0.05, 0) is 55.3 Å². The molecule has 1 N–H and O–H groups in total. The van der Waals surface area contributed by atoms with Crippen molar-refractivity contribution in [3.05, 3.63) is 65.5 Å². The van der Waals surface area contributed by atoms with Gasteiger partial charge in [0.2, 0.25) is 0 Å². The second-order valence-corrected chi connectivity index (χ2v) is 6.19. The van der Waals surface area contributed by atoms with Gasteiger partial charge in [0.15, 0.2) is 6.10 Å². The fraction of sp³-hybridized carbons (Fsp3) is 0.273. The van der Waals surface area contributed by atoms with Crippen LogP contribution in [0.2, 0.25) is 0 Å². The molecular formula is C22H24FNO5. The van der Waals surface area contributed by atoms with Crippen LogP contribution in [0, 0.1) is 5.82 Å². The number of carbonyl (C=O) groups is 2. The highest BCUT2D eigenvalue weighted by molar-refractivity contribution is 5.90. The molecule has 0 spiro atoms. The molecule has 0 bridgehead atoms. The van der Waals surface area contributed by atoms with E-state index in [1.165, 1.54) is 38.3 Å². The van der Waals surface area contributed by atoms with Gasteiger partial charge in [0.25, 0.3) is 5.91 Å². The van der Waals surface area contributed by atoms with Crippen LogP contribution in [0.4, 0.5) is 4.39 Å². The van der Waals surface area contributed by atoms with Crippen molar-refractivity contribution in [2.45, 2.75) is 19.4 Å². The standard InChI is InChI=1S/C22H24FNO5/c1-15(22(26)24-13-12-16-4-7-18(23)8-5-16)29-21(25)11-6-17-14-19(27-2)9-10-20(17)28-3/h4-11,14-15H,12-13H2,1-3H3,(H,24,26)/b11-6+. The Morgan fingerprint density at radius 3 is 2.48 bits per heavy atom. The molecule has 0 aliphatic rings. The van der Waals surface area contributed by atoms with Crippen LogP contribution in [0.25, 0.3) is 6.08 Å². The van der Waals surface area contributed by atoms with Gasteiger partial charge < -0.3 is 19.5 Å². The summed E-state index contributed by atoms with van der Waals surface area (Å²) in [6.07, 6.45) is 2.34. The second-order valence-electron chi connectivity index (χ2n) is 6.19. The lowest BCUT2D eigenvalue weighted by molar-refractivity contribution is -0.150. The summed E-state index contributed by atoms with van der Waals surface area (Å²) in [5, 5.41) is 2.69. The molecule has 7 heteroatoms. The molecule has 2 rings (SSSR count). The van der Waals surface area contributed by atoms with Crippen LogP contribution in [-0.4, -0.2) is 38.7 Å². The predicted molar refractivity (Wildman–Crippen MR) is 107 cm³/mol. The summed E-state index contributed by atoms with van der Waals surface area (Å²) in [4.78, 5) is 24.1. The predicted octanol–water partition coefficient (Wildman–Crippen LogP) is 3.15. The zero-order chi connectivity index (χ0) is 21.2. The molecule has 0 aliphatic carbocycles. The molecule has 2 aromatic carbocycles. The summed E-state index contributed by atoms with van der Waals surface area (Å²) >= 11 is 0. The third-order valence-corrected chi connectivity index (χ3v) is 4.12. The summed E-state index contributed by atoms with van der Waals surface area (Å²) < 4.78 is 28.4. The number of nitrogens with one attached hydrogen (secondary N) is 1. The van der Waals surface area contributed by atoms with Crippen molar-refractivity contribution in [1.29, 1.82) is 0 Å². The number of rotatable bonds is 9. The summed E-state index contributed by atoms with van der Waals surface area (Å²) in [6.45, 7) is 1.84. The quantitative estimate of drug-likeness (QED) is 0.516. The van der Waals surface area contributed by atoms with Crippen molar-refractivity contribution in [3.63, 3.8) is 0 Å². The van der Waals surface area contributed by atoms with E-state index >= 15 is 0 Å². The number of amides is 1. The lowest BCUT2D eigenvalue weighted by atomic mass is 10.1. The Kier molecular flexibility index (Phi) is 8.21. The number of hydrogen-bond donors (Lipinski definition) is 1. The number of ether oxygens (including phenoxy) is 3. The first-order chi connectivity index (χ1) is 13.9. The van der Waals surface area contributed by atoms with E-state index in [1.54, 1.807) is 37.4 Å². The van der Waals surface area contributed by atoms with Crippen molar-refractivity contribution < 1.29 is 28.2 Å². The minimum atomic E-state index is -0.951. The SMILES string of the molecule is COc1ccc(OC)c(/C=C/C(=O)OC(C)C(=O)NCCc2ccc(F)cc2)c1. The van der Waals surface area contributed by atoms with Gasteiger partial charge in [0, 0.05) is 18.2 Å². The van der Waals surface area contributed by atoms with E-state index in [-0.39, 0.29) is 5.82 Å². The van der Waals surface area contributed by atoms with E-state index in [4.69, 9.17) is 14.2 Å². The first-order valence-electron chi connectivity index (χ1n) is 9.06. The Bertz CT molecular complexity index is 864. The molecule has 2 aromatic rings. The maximum Gasteiger partial charge on any atom is 0.331 e. The van der Waals surface area contributed by atoms with Crippen LogP contribution in [0.3, 0.4) is 0 Å². The van der Waals surface area contributed by atoms with Gasteiger partial charge in [-0.3, -0.25) is 4.79 Å². The number of carbonyl (C=O) groups excluding carboxylic acids is 2. The van der Waals surface area contributed by atoms with E-state index in [2.05, 4.69) is 5.32 Å². The van der Waals surface area contributed by atoms with Crippen LogP contribution < -0.4 is 14.8 Å². The van der Waals surface area contributed by atoms with Gasteiger partial charge in [-0.2, -0.15) is 0 Å². The molecule has 0 heterocycles. The first kappa shape index (κ1) is 21.9. The molecule has 0 radical (unpaired) electrons. The molecule has 154 valence electrons. The van der Waals surface area contributed by atoms with Gasteiger partial charge in [0.05, 0.1) is 14.2 Å². The zero-order valence-corrected chi connectivity index (χ0v) is 16.6. The highest BCUT2D eigenvalue weighted by Gasteiger charge is 2.16. The normalized spacial score (nSPS) is 11.7. The second kappa shape index (κ2) is 10.8. The molecule has 29 heavy (non-hydrogen) atoms. The first-order valence-corrected chi connectivity index (χ1v) is 9.06. The molecule has 0 aliphatic heterocycles. The molecule has 1 atom stereocenters. The molecule has 1 amide bonds. The minimum Gasteiger partial charge on any atom is -0.497 e. The van der Waals surface area contributed by atoms with Gasteiger partial charge >= 0.3 is 5.97 Å². The topological polar surface area (TPSA) is 73.9 Å². The van der Waals surface area contributed by atoms with Crippen LogP contribution in [-0.2, 0) is 20.7 Å². The largest absolute Gasteiger partial charge is 0.497 e. The Morgan fingerprint density at radius 1 is 1.10 bits per heavy atom. The number of benzene rings is 2. The third kappa shape index (κ3) is 6.95. The highest BCUT2D eigenvalue weighted by Crippen LogP contribution is 2.25. The maximum atomic E-state index is 12.9. The van der Waals surface area contributed by atoms with Gasteiger partial charge in [-0.25, -0.2) is 9.18 Å². The smallest absolute Gasteiger partial charge is 0.331 e. The number of methoxy groups -OCH3 is 2. The molecule has 1 unspecified atom stereocenters. The molecule has 0 saturated carbocycles. The number of esters is 1. The monoisotopic (exact) mass is 401 g/mol. The van der Waals surface area contributed by atoms with E-state index < -0.39 is 18.0 Å². The minimum absolute atomic E-state index is 0.307. The molecule has 0 saturated heterocycles. The van der Waals surface area contributed by atoms with E-state index in [0.717, 1.165) is 5.56 Å².